The first-order valence-electron chi connectivity index (χ1n) is 6.75. The van der Waals surface area contributed by atoms with Crippen LogP contribution in [0.2, 0.25) is 0 Å². The van der Waals surface area contributed by atoms with E-state index in [1.807, 2.05) is 45.0 Å². The van der Waals surface area contributed by atoms with E-state index in [1.165, 1.54) is 4.90 Å². The molecular formula is C15H23NO3S. The Hall–Kier alpha value is -1.36. The van der Waals surface area contributed by atoms with Gasteiger partial charge in [-0.15, -0.1) is 0 Å². The molecule has 112 valence electrons. The summed E-state index contributed by atoms with van der Waals surface area (Å²) in [6, 6.07) is 7.56. The second kappa shape index (κ2) is 6.88. The average molecular weight is 297 g/mol. The minimum Gasteiger partial charge on any atom is -0.315 e. The number of sulfone groups is 1. The Morgan fingerprint density at radius 1 is 1.20 bits per heavy atom. The van der Waals surface area contributed by atoms with Crippen molar-refractivity contribution < 1.29 is 13.2 Å². The van der Waals surface area contributed by atoms with Gasteiger partial charge in [-0.3, -0.25) is 4.79 Å². The first kappa shape index (κ1) is 16.7. The Kier molecular flexibility index (Phi) is 5.74. The van der Waals surface area contributed by atoms with Crippen LogP contribution in [-0.2, 0) is 14.6 Å². The van der Waals surface area contributed by atoms with Gasteiger partial charge in [-0.05, 0) is 25.0 Å². The van der Waals surface area contributed by atoms with E-state index >= 15 is 0 Å². The van der Waals surface area contributed by atoms with Gasteiger partial charge in [0.15, 0.2) is 9.84 Å². The van der Waals surface area contributed by atoms with Crippen molar-refractivity contribution >= 4 is 21.4 Å². The van der Waals surface area contributed by atoms with Gasteiger partial charge in [-0.25, -0.2) is 8.42 Å². The van der Waals surface area contributed by atoms with Crippen LogP contribution in [0.1, 0.15) is 25.8 Å². The summed E-state index contributed by atoms with van der Waals surface area (Å²) >= 11 is 0. The van der Waals surface area contributed by atoms with Gasteiger partial charge in [0.2, 0.25) is 5.91 Å². The van der Waals surface area contributed by atoms with E-state index in [9.17, 15) is 13.2 Å². The number of carbonyl (C=O) groups is 1. The monoisotopic (exact) mass is 297 g/mol. The normalized spacial score (nSPS) is 11.7. The van der Waals surface area contributed by atoms with E-state index < -0.39 is 9.84 Å². The van der Waals surface area contributed by atoms with Crippen LogP contribution < -0.4 is 4.90 Å². The summed E-state index contributed by atoms with van der Waals surface area (Å²) in [4.78, 5) is 13.5. The standard InChI is InChI=1S/C15H23NO3S/c1-12(2)11-20(18,19)10-9-15(17)16(4)14-7-5-13(3)6-8-14/h5-8,12H,9-11H2,1-4H3. The maximum Gasteiger partial charge on any atom is 0.227 e. The second-order valence-electron chi connectivity index (χ2n) is 5.55. The van der Waals surface area contributed by atoms with Crippen molar-refractivity contribution in [1.29, 1.82) is 0 Å². The third-order valence-electron chi connectivity index (χ3n) is 3.01. The zero-order valence-electron chi connectivity index (χ0n) is 12.6. The largest absolute Gasteiger partial charge is 0.315 e. The van der Waals surface area contributed by atoms with Crippen molar-refractivity contribution in [1.82, 2.24) is 0 Å². The molecule has 1 rings (SSSR count). The number of benzene rings is 1. The van der Waals surface area contributed by atoms with Crippen LogP contribution in [0, 0.1) is 12.8 Å². The third kappa shape index (κ3) is 5.33. The molecule has 1 aromatic rings. The second-order valence-corrected chi connectivity index (χ2v) is 7.78. The molecule has 0 aliphatic carbocycles. The molecule has 0 aliphatic rings. The molecule has 0 unspecified atom stereocenters. The molecule has 0 radical (unpaired) electrons. The number of rotatable bonds is 6. The molecule has 5 heteroatoms. The van der Waals surface area contributed by atoms with Crippen LogP contribution >= 0.6 is 0 Å². The van der Waals surface area contributed by atoms with Gasteiger partial charge in [-0.2, -0.15) is 0 Å². The van der Waals surface area contributed by atoms with Gasteiger partial charge in [0.1, 0.15) is 0 Å². The third-order valence-corrected chi connectivity index (χ3v) is 5.01. The van der Waals surface area contributed by atoms with Crippen LogP contribution in [0.3, 0.4) is 0 Å². The van der Waals surface area contributed by atoms with Crippen LogP contribution in [0.25, 0.3) is 0 Å². The highest BCUT2D eigenvalue weighted by Crippen LogP contribution is 2.14. The van der Waals surface area contributed by atoms with Crippen LogP contribution in [0.4, 0.5) is 5.69 Å². The highest BCUT2D eigenvalue weighted by atomic mass is 32.2. The van der Waals surface area contributed by atoms with Crippen molar-refractivity contribution in [3.8, 4) is 0 Å². The van der Waals surface area contributed by atoms with Crippen molar-refractivity contribution in [3.63, 3.8) is 0 Å². The Morgan fingerprint density at radius 3 is 2.25 bits per heavy atom. The molecule has 0 saturated carbocycles. The number of hydrogen-bond donors (Lipinski definition) is 0. The quantitative estimate of drug-likeness (QED) is 0.810. The zero-order chi connectivity index (χ0) is 15.3. The lowest BCUT2D eigenvalue weighted by atomic mass is 10.2. The summed E-state index contributed by atoms with van der Waals surface area (Å²) in [7, 11) is -1.48. The molecule has 0 spiro atoms. The molecular weight excluding hydrogens is 274 g/mol. The maximum atomic E-state index is 12.0. The summed E-state index contributed by atoms with van der Waals surface area (Å²) in [5, 5.41) is 0. The fraction of sp³-hybridized carbons (Fsp3) is 0.533. The number of anilines is 1. The van der Waals surface area contributed by atoms with Gasteiger partial charge >= 0.3 is 0 Å². The summed E-state index contributed by atoms with van der Waals surface area (Å²) in [6.07, 6.45) is 0.0272. The van der Waals surface area contributed by atoms with E-state index in [4.69, 9.17) is 0 Å². The lowest BCUT2D eigenvalue weighted by molar-refractivity contribution is -0.117. The Morgan fingerprint density at radius 2 is 1.75 bits per heavy atom. The van der Waals surface area contributed by atoms with Crippen molar-refractivity contribution in [3.05, 3.63) is 29.8 Å². The van der Waals surface area contributed by atoms with Crippen LogP contribution in [-0.4, -0.2) is 32.9 Å². The SMILES string of the molecule is Cc1ccc(N(C)C(=O)CCS(=O)(=O)CC(C)C)cc1. The van der Waals surface area contributed by atoms with Crippen LogP contribution in [0.5, 0.6) is 0 Å². The predicted octanol–water partition coefficient (Wildman–Crippen LogP) is 2.42. The molecule has 4 nitrogen and oxygen atoms in total. The molecule has 20 heavy (non-hydrogen) atoms. The van der Waals surface area contributed by atoms with Crippen molar-refractivity contribution in [2.75, 3.05) is 23.5 Å². The highest BCUT2D eigenvalue weighted by Gasteiger charge is 2.18. The van der Waals surface area contributed by atoms with E-state index in [1.54, 1.807) is 7.05 Å². The lowest BCUT2D eigenvalue weighted by Gasteiger charge is -2.17. The summed E-state index contributed by atoms with van der Waals surface area (Å²) in [6.45, 7) is 5.69. The first-order valence-corrected chi connectivity index (χ1v) is 8.57. The zero-order valence-corrected chi connectivity index (χ0v) is 13.4. The maximum absolute atomic E-state index is 12.0. The molecule has 0 saturated heterocycles. The van der Waals surface area contributed by atoms with Gasteiger partial charge in [0.25, 0.3) is 0 Å². The first-order chi connectivity index (χ1) is 9.21. The number of nitrogens with zero attached hydrogens (tertiary/aromatic N) is 1. The van der Waals surface area contributed by atoms with E-state index in [0.717, 1.165) is 11.3 Å². The number of aryl methyl sites for hydroxylation is 1. The van der Waals surface area contributed by atoms with Gasteiger partial charge < -0.3 is 4.90 Å². The highest BCUT2D eigenvalue weighted by molar-refractivity contribution is 7.91. The number of amides is 1. The molecule has 1 aromatic carbocycles. The molecule has 0 bridgehead atoms. The van der Waals surface area contributed by atoms with E-state index in [2.05, 4.69) is 0 Å². The average Bonchev–Trinajstić information content (AvgIpc) is 2.34. The van der Waals surface area contributed by atoms with Gasteiger partial charge in [0, 0.05) is 19.2 Å². The molecule has 0 aromatic heterocycles. The fourth-order valence-corrected chi connectivity index (χ4v) is 3.58. The van der Waals surface area contributed by atoms with Crippen molar-refractivity contribution in [2.24, 2.45) is 5.92 Å². The van der Waals surface area contributed by atoms with Gasteiger partial charge in [-0.1, -0.05) is 31.5 Å². The van der Waals surface area contributed by atoms with E-state index in [-0.39, 0.29) is 29.8 Å². The summed E-state index contributed by atoms with van der Waals surface area (Å²) in [5.74, 6) is -0.0412. The van der Waals surface area contributed by atoms with Gasteiger partial charge in [0.05, 0.1) is 11.5 Å². The minimum atomic E-state index is -3.15. The summed E-state index contributed by atoms with van der Waals surface area (Å²) < 4.78 is 23.6. The Labute approximate surface area is 121 Å². The van der Waals surface area contributed by atoms with Crippen molar-refractivity contribution in [2.45, 2.75) is 27.2 Å². The lowest BCUT2D eigenvalue weighted by Crippen LogP contribution is -2.29. The van der Waals surface area contributed by atoms with E-state index in [0.29, 0.717) is 0 Å². The topological polar surface area (TPSA) is 54.5 Å². The van der Waals surface area contributed by atoms with Crippen LogP contribution in [0.15, 0.2) is 24.3 Å². The predicted molar refractivity (Wildman–Crippen MR) is 82.7 cm³/mol. The summed E-state index contributed by atoms with van der Waals surface area (Å²) in [5.41, 5.74) is 1.90. The smallest absolute Gasteiger partial charge is 0.227 e. The number of carbonyl (C=O) groups excluding carboxylic acids is 1. The molecule has 0 fully saturated rings. The molecule has 0 heterocycles. The Balaban J connectivity index is 2.61. The fourth-order valence-electron chi connectivity index (χ4n) is 1.91. The Bertz CT molecular complexity index is 547. The molecule has 0 N–H and O–H groups in total. The molecule has 1 amide bonds. The minimum absolute atomic E-state index is 0.0272. The molecule has 0 atom stereocenters. The number of hydrogen-bond acceptors (Lipinski definition) is 3. The molecule has 0 aliphatic heterocycles.